The van der Waals surface area contributed by atoms with Gasteiger partial charge in [0.25, 0.3) is 0 Å². The SMILES string of the molecule is Nc1ccc(Nc2cc(F)c(Br)cc2F)nc1N. The van der Waals surface area contributed by atoms with Crippen LogP contribution in [0.5, 0.6) is 0 Å². The van der Waals surface area contributed by atoms with Crippen molar-refractivity contribution in [3.8, 4) is 0 Å². The Labute approximate surface area is 110 Å². The lowest BCUT2D eigenvalue weighted by atomic mass is 10.3. The van der Waals surface area contributed by atoms with Crippen molar-refractivity contribution in [2.24, 2.45) is 0 Å². The molecule has 2 rings (SSSR count). The first-order valence-corrected chi connectivity index (χ1v) is 5.70. The number of aromatic nitrogens is 1. The summed E-state index contributed by atoms with van der Waals surface area (Å²) < 4.78 is 26.9. The molecular formula is C11H9BrF2N4. The molecule has 2 aromatic rings. The highest BCUT2D eigenvalue weighted by Crippen LogP contribution is 2.26. The summed E-state index contributed by atoms with van der Waals surface area (Å²) in [5, 5.41) is 2.63. The first-order chi connectivity index (χ1) is 8.47. The van der Waals surface area contributed by atoms with Gasteiger partial charge in [0.05, 0.1) is 15.8 Å². The predicted molar refractivity (Wildman–Crippen MR) is 70.4 cm³/mol. The van der Waals surface area contributed by atoms with Gasteiger partial charge in [0, 0.05) is 6.07 Å². The Bertz CT molecular complexity index is 604. The van der Waals surface area contributed by atoms with E-state index >= 15 is 0 Å². The predicted octanol–water partition coefficient (Wildman–Crippen LogP) is 3.03. The number of benzene rings is 1. The molecule has 0 aliphatic heterocycles. The van der Waals surface area contributed by atoms with E-state index in [0.717, 1.165) is 12.1 Å². The molecule has 0 aliphatic rings. The first-order valence-electron chi connectivity index (χ1n) is 4.91. The van der Waals surface area contributed by atoms with Crippen molar-refractivity contribution < 1.29 is 8.78 Å². The minimum atomic E-state index is -0.611. The number of anilines is 4. The van der Waals surface area contributed by atoms with E-state index < -0.39 is 11.6 Å². The molecule has 4 nitrogen and oxygen atoms in total. The Balaban J connectivity index is 2.34. The van der Waals surface area contributed by atoms with Crippen LogP contribution in [0.1, 0.15) is 0 Å². The van der Waals surface area contributed by atoms with Gasteiger partial charge in [-0.1, -0.05) is 0 Å². The van der Waals surface area contributed by atoms with Crippen LogP contribution < -0.4 is 16.8 Å². The van der Waals surface area contributed by atoms with Crippen LogP contribution in [0.25, 0.3) is 0 Å². The average Bonchev–Trinajstić information content (AvgIpc) is 2.31. The molecule has 0 bridgehead atoms. The molecule has 0 saturated heterocycles. The number of hydrogen-bond donors (Lipinski definition) is 3. The van der Waals surface area contributed by atoms with Gasteiger partial charge < -0.3 is 16.8 Å². The number of hydrogen-bond acceptors (Lipinski definition) is 4. The zero-order valence-corrected chi connectivity index (χ0v) is 10.6. The van der Waals surface area contributed by atoms with Gasteiger partial charge in [0.15, 0.2) is 0 Å². The minimum Gasteiger partial charge on any atom is -0.396 e. The highest BCUT2D eigenvalue weighted by Gasteiger charge is 2.09. The van der Waals surface area contributed by atoms with Crippen molar-refractivity contribution in [2.75, 3.05) is 16.8 Å². The fraction of sp³-hybridized carbons (Fsp3) is 0. The smallest absolute Gasteiger partial charge is 0.149 e. The molecule has 5 N–H and O–H groups in total. The van der Waals surface area contributed by atoms with E-state index in [0.29, 0.717) is 5.69 Å². The van der Waals surface area contributed by atoms with Crippen LogP contribution in [0.2, 0.25) is 0 Å². The number of nitrogens with one attached hydrogen (secondary N) is 1. The van der Waals surface area contributed by atoms with Crippen molar-refractivity contribution in [3.05, 3.63) is 40.4 Å². The van der Waals surface area contributed by atoms with Crippen LogP contribution in [-0.4, -0.2) is 4.98 Å². The van der Waals surface area contributed by atoms with Gasteiger partial charge in [0.1, 0.15) is 23.3 Å². The monoisotopic (exact) mass is 314 g/mol. The normalized spacial score (nSPS) is 10.4. The number of pyridine rings is 1. The molecule has 1 aromatic carbocycles. The van der Waals surface area contributed by atoms with E-state index in [-0.39, 0.29) is 21.8 Å². The highest BCUT2D eigenvalue weighted by molar-refractivity contribution is 9.10. The number of nitrogens with two attached hydrogens (primary N) is 2. The first kappa shape index (κ1) is 12.6. The van der Waals surface area contributed by atoms with E-state index in [2.05, 4.69) is 26.2 Å². The van der Waals surface area contributed by atoms with E-state index in [1.807, 2.05) is 0 Å². The van der Waals surface area contributed by atoms with E-state index in [9.17, 15) is 8.78 Å². The van der Waals surface area contributed by atoms with Crippen molar-refractivity contribution in [3.63, 3.8) is 0 Å². The Hall–Kier alpha value is -1.89. The van der Waals surface area contributed by atoms with Crippen LogP contribution in [0.4, 0.5) is 31.8 Å². The highest BCUT2D eigenvalue weighted by atomic mass is 79.9. The molecule has 0 fully saturated rings. The molecule has 0 aliphatic carbocycles. The maximum atomic E-state index is 13.6. The molecule has 0 radical (unpaired) electrons. The third kappa shape index (κ3) is 2.51. The van der Waals surface area contributed by atoms with Gasteiger partial charge in [-0.05, 0) is 34.1 Å². The number of halogens is 3. The van der Waals surface area contributed by atoms with Gasteiger partial charge in [-0.15, -0.1) is 0 Å². The number of rotatable bonds is 2. The van der Waals surface area contributed by atoms with Gasteiger partial charge in [-0.2, -0.15) is 0 Å². The summed E-state index contributed by atoms with van der Waals surface area (Å²) in [6, 6.07) is 5.09. The molecule has 0 amide bonds. The molecular weight excluding hydrogens is 306 g/mol. The van der Waals surface area contributed by atoms with Crippen LogP contribution in [0.15, 0.2) is 28.7 Å². The Morgan fingerprint density at radius 3 is 2.50 bits per heavy atom. The largest absolute Gasteiger partial charge is 0.396 e. The molecule has 7 heteroatoms. The summed E-state index contributed by atoms with van der Waals surface area (Å²) in [5.41, 5.74) is 11.3. The van der Waals surface area contributed by atoms with E-state index in [1.165, 1.54) is 12.1 Å². The molecule has 0 saturated carbocycles. The van der Waals surface area contributed by atoms with Gasteiger partial charge in [-0.3, -0.25) is 0 Å². The zero-order valence-electron chi connectivity index (χ0n) is 9.05. The summed E-state index contributed by atoms with van der Waals surface area (Å²) in [6.45, 7) is 0. The summed E-state index contributed by atoms with van der Waals surface area (Å²) in [6.07, 6.45) is 0. The van der Waals surface area contributed by atoms with Crippen molar-refractivity contribution >= 4 is 38.9 Å². The van der Waals surface area contributed by atoms with Crippen molar-refractivity contribution in [2.45, 2.75) is 0 Å². The Morgan fingerprint density at radius 1 is 1.11 bits per heavy atom. The van der Waals surface area contributed by atoms with Crippen molar-refractivity contribution in [1.82, 2.24) is 4.98 Å². The summed E-state index contributed by atoms with van der Waals surface area (Å²) in [5.74, 6) is -0.789. The second-order valence-corrected chi connectivity index (χ2v) is 4.40. The maximum absolute atomic E-state index is 13.6. The molecule has 18 heavy (non-hydrogen) atoms. The second-order valence-electron chi connectivity index (χ2n) is 3.54. The summed E-state index contributed by atoms with van der Waals surface area (Å²) >= 11 is 2.89. The topological polar surface area (TPSA) is 77.0 Å². The minimum absolute atomic E-state index is 0.0348. The lowest BCUT2D eigenvalue weighted by molar-refractivity contribution is 0.598. The molecule has 0 atom stereocenters. The Morgan fingerprint density at radius 2 is 1.83 bits per heavy atom. The lowest BCUT2D eigenvalue weighted by Gasteiger charge is -2.09. The molecule has 1 heterocycles. The molecule has 0 spiro atoms. The third-order valence-corrected chi connectivity index (χ3v) is 2.84. The zero-order chi connectivity index (χ0) is 13.3. The molecule has 0 unspecified atom stereocenters. The quantitative estimate of drug-likeness (QED) is 0.745. The van der Waals surface area contributed by atoms with Crippen LogP contribution in [0.3, 0.4) is 0 Å². The maximum Gasteiger partial charge on any atom is 0.149 e. The molecule has 1 aromatic heterocycles. The Kier molecular flexibility index (Phi) is 3.33. The fourth-order valence-electron chi connectivity index (χ4n) is 1.31. The van der Waals surface area contributed by atoms with Crippen molar-refractivity contribution in [1.29, 1.82) is 0 Å². The van der Waals surface area contributed by atoms with Gasteiger partial charge >= 0.3 is 0 Å². The summed E-state index contributed by atoms with van der Waals surface area (Å²) in [4.78, 5) is 3.90. The lowest BCUT2D eigenvalue weighted by Crippen LogP contribution is -2.02. The number of nitrogens with zero attached hydrogens (tertiary/aromatic N) is 1. The van der Waals surface area contributed by atoms with Crippen LogP contribution >= 0.6 is 15.9 Å². The fourth-order valence-corrected chi connectivity index (χ4v) is 1.63. The van der Waals surface area contributed by atoms with Crippen LogP contribution in [0, 0.1) is 11.6 Å². The third-order valence-electron chi connectivity index (χ3n) is 2.23. The van der Waals surface area contributed by atoms with Gasteiger partial charge in [-0.25, -0.2) is 13.8 Å². The van der Waals surface area contributed by atoms with E-state index in [4.69, 9.17) is 11.5 Å². The number of nitrogen functional groups attached to an aromatic ring is 2. The summed E-state index contributed by atoms with van der Waals surface area (Å²) in [7, 11) is 0. The standard InChI is InChI=1S/C11H9BrF2N4/c12-5-3-7(14)9(4-6(5)13)17-10-2-1-8(15)11(16)18-10/h1-4H,15H2,(H3,16,17,18). The van der Waals surface area contributed by atoms with Crippen LogP contribution in [-0.2, 0) is 0 Å². The van der Waals surface area contributed by atoms with E-state index in [1.54, 1.807) is 0 Å². The van der Waals surface area contributed by atoms with Gasteiger partial charge in [0.2, 0.25) is 0 Å². The second kappa shape index (κ2) is 4.77. The molecule has 94 valence electrons. The average molecular weight is 315 g/mol.